The maximum absolute atomic E-state index is 12.1. The van der Waals surface area contributed by atoms with Crippen LogP contribution in [0.15, 0.2) is 36.7 Å². The third-order valence-electron chi connectivity index (χ3n) is 5.38. The van der Waals surface area contributed by atoms with Crippen LogP contribution >= 0.6 is 0 Å². The van der Waals surface area contributed by atoms with Gasteiger partial charge >= 0.3 is 0 Å². The van der Waals surface area contributed by atoms with Crippen LogP contribution in [-0.4, -0.2) is 58.8 Å². The van der Waals surface area contributed by atoms with Crippen molar-refractivity contribution in [2.45, 2.75) is 19.9 Å². The number of nitrogens with two attached hydrogens (primary N) is 1. The van der Waals surface area contributed by atoms with E-state index in [9.17, 15) is 4.79 Å². The summed E-state index contributed by atoms with van der Waals surface area (Å²) in [4.78, 5) is 21.3. The normalized spacial score (nSPS) is 15.5. The lowest BCUT2D eigenvalue weighted by Crippen LogP contribution is -2.44. The minimum Gasteiger partial charge on any atom is -0.366 e. The summed E-state index contributed by atoms with van der Waals surface area (Å²) in [6.07, 6.45) is 3.55. The number of piperazine rings is 1. The number of anilines is 1. The first-order valence-electron chi connectivity index (χ1n) is 9.65. The van der Waals surface area contributed by atoms with Gasteiger partial charge in [-0.1, -0.05) is 0 Å². The predicted octanol–water partition coefficient (Wildman–Crippen LogP) is 2.53. The smallest absolute Gasteiger partial charge is 0.249 e. The van der Waals surface area contributed by atoms with Gasteiger partial charge in [-0.2, -0.15) is 5.10 Å². The molecule has 0 atom stereocenters. The van der Waals surface area contributed by atoms with Crippen LogP contribution in [-0.2, 0) is 0 Å². The van der Waals surface area contributed by atoms with E-state index in [2.05, 4.69) is 52.9 Å². The zero-order chi connectivity index (χ0) is 19.8. The van der Waals surface area contributed by atoms with E-state index in [1.165, 1.54) is 0 Å². The third-order valence-corrected chi connectivity index (χ3v) is 5.38. The summed E-state index contributed by atoms with van der Waals surface area (Å²) in [6, 6.07) is 8.19. The second-order valence-corrected chi connectivity index (χ2v) is 7.70. The molecule has 0 aliphatic carbocycles. The van der Waals surface area contributed by atoms with Crippen molar-refractivity contribution in [3.8, 4) is 11.1 Å². The lowest BCUT2D eigenvalue weighted by Gasteiger charge is -2.33. The van der Waals surface area contributed by atoms with Gasteiger partial charge in [-0.25, -0.2) is 4.98 Å². The van der Waals surface area contributed by atoms with Gasteiger partial charge in [0.05, 0.1) is 17.3 Å². The Bertz CT molecular complexity index is 1020. The van der Waals surface area contributed by atoms with Crippen LogP contribution in [0.25, 0.3) is 22.0 Å². The molecule has 3 aromatic rings. The third kappa shape index (κ3) is 3.33. The van der Waals surface area contributed by atoms with Crippen molar-refractivity contribution in [3.05, 3.63) is 42.2 Å². The average Bonchev–Trinajstić information content (AvgIpc) is 3.12. The Morgan fingerprint density at radius 1 is 1.11 bits per heavy atom. The number of likely N-dealkylation sites (N-methyl/N-ethyl adjacent to an activating group) is 1. The van der Waals surface area contributed by atoms with Gasteiger partial charge in [0.2, 0.25) is 5.91 Å². The quantitative estimate of drug-likeness (QED) is 0.755. The molecule has 2 N–H and O–H groups in total. The number of amides is 1. The number of nitrogens with zero attached hydrogens (tertiary/aromatic N) is 5. The standard InChI is InChI=1S/C21H26N6O/c1-14(2)27-19-11-16(10-17(21(22)28)18(19)13-24-27)15-4-5-23-20(12-15)26-8-6-25(3)7-9-26/h4-5,10-14H,6-9H2,1-3H3,(H2,22,28). The molecule has 2 aromatic heterocycles. The highest BCUT2D eigenvalue weighted by Gasteiger charge is 2.18. The van der Waals surface area contributed by atoms with Gasteiger partial charge in [0.25, 0.3) is 0 Å². The molecule has 1 aromatic carbocycles. The number of aromatic nitrogens is 3. The first kappa shape index (κ1) is 18.4. The fourth-order valence-electron chi connectivity index (χ4n) is 3.73. The molecule has 3 heterocycles. The maximum atomic E-state index is 12.1. The van der Waals surface area contributed by atoms with E-state index in [1.807, 2.05) is 23.0 Å². The van der Waals surface area contributed by atoms with Crippen molar-refractivity contribution >= 4 is 22.6 Å². The molecule has 0 spiro atoms. The molecule has 0 saturated carbocycles. The fraction of sp³-hybridized carbons (Fsp3) is 0.381. The number of primary amides is 1. The molecular weight excluding hydrogens is 352 g/mol. The number of carbonyl (C=O) groups excluding carboxylic acids is 1. The number of hydrogen-bond acceptors (Lipinski definition) is 5. The zero-order valence-corrected chi connectivity index (χ0v) is 16.6. The zero-order valence-electron chi connectivity index (χ0n) is 16.6. The van der Waals surface area contributed by atoms with Crippen LogP contribution in [0.3, 0.4) is 0 Å². The van der Waals surface area contributed by atoms with Crippen LogP contribution in [0.1, 0.15) is 30.2 Å². The monoisotopic (exact) mass is 378 g/mol. The molecule has 1 amide bonds. The lowest BCUT2D eigenvalue weighted by molar-refractivity contribution is 0.100. The Morgan fingerprint density at radius 2 is 1.86 bits per heavy atom. The summed E-state index contributed by atoms with van der Waals surface area (Å²) in [6.45, 7) is 8.10. The molecule has 28 heavy (non-hydrogen) atoms. The Morgan fingerprint density at radius 3 is 2.54 bits per heavy atom. The van der Waals surface area contributed by atoms with Crippen molar-refractivity contribution in [2.24, 2.45) is 5.73 Å². The van der Waals surface area contributed by atoms with E-state index in [-0.39, 0.29) is 6.04 Å². The number of rotatable bonds is 4. The van der Waals surface area contributed by atoms with Crippen LogP contribution < -0.4 is 10.6 Å². The van der Waals surface area contributed by atoms with E-state index in [0.717, 1.165) is 54.0 Å². The summed E-state index contributed by atoms with van der Waals surface area (Å²) >= 11 is 0. The number of carbonyl (C=O) groups is 1. The molecule has 1 aliphatic rings. The van der Waals surface area contributed by atoms with Gasteiger partial charge in [0.15, 0.2) is 0 Å². The Hall–Kier alpha value is -2.93. The van der Waals surface area contributed by atoms with Crippen molar-refractivity contribution in [1.29, 1.82) is 0 Å². The molecule has 0 radical (unpaired) electrons. The van der Waals surface area contributed by atoms with Crippen molar-refractivity contribution < 1.29 is 4.79 Å². The van der Waals surface area contributed by atoms with Crippen LogP contribution in [0.4, 0.5) is 5.82 Å². The maximum Gasteiger partial charge on any atom is 0.249 e. The Balaban J connectivity index is 1.79. The van der Waals surface area contributed by atoms with E-state index in [4.69, 9.17) is 5.73 Å². The minimum absolute atomic E-state index is 0.187. The van der Waals surface area contributed by atoms with Crippen LogP contribution in [0, 0.1) is 0 Å². The highest BCUT2D eigenvalue weighted by atomic mass is 16.1. The van der Waals surface area contributed by atoms with Crippen LogP contribution in [0.5, 0.6) is 0 Å². The number of fused-ring (bicyclic) bond motifs is 1. The topological polar surface area (TPSA) is 80.3 Å². The number of benzene rings is 1. The summed E-state index contributed by atoms with van der Waals surface area (Å²) in [7, 11) is 2.14. The molecule has 4 rings (SSSR count). The summed E-state index contributed by atoms with van der Waals surface area (Å²) in [5, 5.41) is 5.24. The first-order valence-corrected chi connectivity index (χ1v) is 9.65. The predicted molar refractivity (Wildman–Crippen MR) is 112 cm³/mol. The molecule has 1 fully saturated rings. The van der Waals surface area contributed by atoms with E-state index >= 15 is 0 Å². The summed E-state index contributed by atoms with van der Waals surface area (Å²) in [5.74, 6) is 0.521. The number of pyridine rings is 1. The van der Waals surface area contributed by atoms with Crippen molar-refractivity contribution in [1.82, 2.24) is 19.7 Å². The van der Waals surface area contributed by atoms with Gasteiger partial charge in [-0.15, -0.1) is 0 Å². The van der Waals surface area contributed by atoms with Gasteiger partial charge in [-0.3, -0.25) is 9.48 Å². The molecule has 0 unspecified atom stereocenters. The largest absolute Gasteiger partial charge is 0.366 e. The van der Waals surface area contributed by atoms with Crippen molar-refractivity contribution in [3.63, 3.8) is 0 Å². The average molecular weight is 378 g/mol. The SMILES string of the molecule is CC(C)n1ncc2c(C(N)=O)cc(-c3ccnc(N4CCN(C)CC4)c3)cc21. The number of hydrogen-bond donors (Lipinski definition) is 1. The van der Waals surface area contributed by atoms with Gasteiger partial charge in [0, 0.05) is 43.8 Å². The van der Waals surface area contributed by atoms with E-state index in [1.54, 1.807) is 6.20 Å². The second kappa shape index (κ2) is 7.24. The molecule has 1 saturated heterocycles. The Labute approximate surface area is 164 Å². The summed E-state index contributed by atoms with van der Waals surface area (Å²) in [5.41, 5.74) is 9.05. The molecule has 1 aliphatic heterocycles. The molecular formula is C21H26N6O. The molecule has 146 valence electrons. The highest BCUT2D eigenvalue weighted by Crippen LogP contribution is 2.30. The van der Waals surface area contributed by atoms with Crippen LogP contribution in [0.2, 0.25) is 0 Å². The lowest BCUT2D eigenvalue weighted by atomic mass is 10.00. The second-order valence-electron chi connectivity index (χ2n) is 7.70. The fourth-order valence-corrected chi connectivity index (χ4v) is 3.73. The molecule has 7 heteroatoms. The van der Waals surface area contributed by atoms with Gasteiger partial charge < -0.3 is 15.5 Å². The first-order chi connectivity index (χ1) is 13.4. The highest BCUT2D eigenvalue weighted by molar-refractivity contribution is 6.07. The van der Waals surface area contributed by atoms with E-state index in [0.29, 0.717) is 5.56 Å². The molecule has 7 nitrogen and oxygen atoms in total. The van der Waals surface area contributed by atoms with Crippen molar-refractivity contribution in [2.75, 3.05) is 38.1 Å². The minimum atomic E-state index is -0.441. The van der Waals surface area contributed by atoms with Gasteiger partial charge in [0.1, 0.15) is 5.82 Å². The molecule has 0 bridgehead atoms. The Kier molecular flexibility index (Phi) is 4.77. The van der Waals surface area contributed by atoms with Gasteiger partial charge in [-0.05, 0) is 56.3 Å². The summed E-state index contributed by atoms with van der Waals surface area (Å²) < 4.78 is 1.92. The van der Waals surface area contributed by atoms with E-state index < -0.39 is 5.91 Å².